The predicted octanol–water partition coefficient (Wildman–Crippen LogP) is 4.17. The first-order valence-corrected chi connectivity index (χ1v) is 11.9. The molecule has 1 aliphatic heterocycles. The molecule has 4 rings (SSSR count). The molecule has 1 atom stereocenters. The smallest absolute Gasteiger partial charge is 0.419 e. The summed E-state index contributed by atoms with van der Waals surface area (Å²) in [5.41, 5.74) is -3.05. The lowest BCUT2D eigenvalue weighted by Crippen LogP contribution is -2.49. The standard InChI is InChI=1S/C25H17F3N2O5S/c1-24(13-29,14-35-19-8-4-3-7-18(19)25(26,27)28)30-23(32)15-10-11-17-21(12-15)36(33,34)20-9-5-2-6-16(20)22(17)31/h2-12H,14H2,1H3,(H,30,32). The van der Waals surface area contributed by atoms with E-state index in [9.17, 15) is 36.4 Å². The minimum atomic E-state index is -4.69. The predicted molar refractivity (Wildman–Crippen MR) is 120 cm³/mol. The van der Waals surface area contributed by atoms with Gasteiger partial charge in [0.2, 0.25) is 9.84 Å². The number of rotatable bonds is 5. The van der Waals surface area contributed by atoms with Gasteiger partial charge in [0.15, 0.2) is 11.3 Å². The maximum absolute atomic E-state index is 13.2. The fourth-order valence-corrected chi connectivity index (χ4v) is 5.37. The number of benzene rings is 3. The zero-order valence-corrected chi connectivity index (χ0v) is 19.4. The first-order chi connectivity index (χ1) is 16.9. The number of alkyl halides is 3. The van der Waals surface area contributed by atoms with Crippen molar-refractivity contribution in [1.29, 1.82) is 5.26 Å². The third-order valence-corrected chi connectivity index (χ3v) is 7.40. The second kappa shape index (κ2) is 8.80. The van der Waals surface area contributed by atoms with E-state index in [1.54, 1.807) is 6.07 Å². The van der Waals surface area contributed by atoms with Gasteiger partial charge in [-0.25, -0.2) is 8.42 Å². The summed E-state index contributed by atoms with van der Waals surface area (Å²) in [7, 11) is -4.10. The number of fused-ring (bicyclic) bond motifs is 2. The van der Waals surface area contributed by atoms with Crippen LogP contribution in [0.5, 0.6) is 5.75 Å². The minimum absolute atomic E-state index is 0.0237. The normalized spacial score (nSPS) is 15.6. The van der Waals surface area contributed by atoms with Crippen LogP contribution in [0.2, 0.25) is 0 Å². The zero-order chi connectivity index (χ0) is 26.3. The van der Waals surface area contributed by atoms with E-state index in [0.29, 0.717) is 0 Å². The van der Waals surface area contributed by atoms with Crippen molar-refractivity contribution in [2.24, 2.45) is 0 Å². The van der Waals surface area contributed by atoms with E-state index < -0.39 is 51.2 Å². The number of carbonyl (C=O) groups is 2. The van der Waals surface area contributed by atoms with Crippen LogP contribution >= 0.6 is 0 Å². The summed E-state index contributed by atoms with van der Waals surface area (Å²) in [5, 5.41) is 12.0. The van der Waals surface area contributed by atoms with Crippen LogP contribution in [-0.2, 0) is 16.0 Å². The van der Waals surface area contributed by atoms with Crippen molar-refractivity contribution in [3.05, 3.63) is 89.0 Å². The molecular weight excluding hydrogens is 497 g/mol. The second-order valence-electron chi connectivity index (χ2n) is 8.22. The molecule has 0 radical (unpaired) electrons. The summed E-state index contributed by atoms with van der Waals surface area (Å²) < 4.78 is 71.0. The molecule has 1 amide bonds. The van der Waals surface area contributed by atoms with E-state index in [1.807, 2.05) is 0 Å². The number of nitriles is 1. The quantitative estimate of drug-likeness (QED) is 0.428. The van der Waals surface area contributed by atoms with Gasteiger partial charge < -0.3 is 10.1 Å². The zero-order valence-electron chi connectivity index (χ0n) is 18.6. The van der Waals surface area contributed by atoms with Gasteiger partial charge in [-0.1, -0.05) is 24.3 Å². The van der Waals surface area contributed by atoms with Gasteiger partial charge in [-0.3, -0.25) is 9.59 Å². The Morgan fingerprint density at radius 3 is 2.33 bits per heavy atom. The van der Waals surface area contributed by atoms with Crippen LogP contribution in [0.15, 0.2) is 76.5 Å². The van der Waals surface area contributed by atoms with E-state index in [4.69, 9.17) is 4.74 Å². The number of amides is 1. The third kappa shape index (κ3) is 4.43. The summed E-state index contributed by atoms with van der Waals surface area (Å²) in [4.78, 5) is 25.1. The van der Waals surface area contributed by atoms with Gasteiger partial charge in [0.05, 0.1) is 21.4 Å². The minimum Gasteiger partial charge on any atom is -0.489 e. The van der Waals surface area contributed by atoms with Crippen LogP contribution in [0.3, 0.4) is 0 Å². The Kier molecular flexibility index (Phi) is 6.10. The maximum Gasteiger partial charge on any atom is 0.419 e. The van der Waals surface area contributed by atoms with Gasteiger partial charge in [0, 0.05) is 16.7 Å². The largest absolute Gasteiger partial charge is 0.489 e. The summed E-state index contributed by atoms with van der Waals surface area (Å²) in [6, 6.07) is 15.4. The number of hydrogen-bond acceptors (Lipinski definition) is 6. The van der Waals surface area contributed by atoms with Gasteiger partial charge in [0.1, 0.15) is 12.4 Å². The summed E-state index contributed by atoms with van der Waals surface area (Å²) in [5.74, 6) is -1.91. The molecule has 1 heterocycles. The molecule has 0 fully saturated rings. The molecule has 1 N–H and O–H groups in total. The van der Waals surface area contributed by atoms with Crippen LogP contribution in [0.4, 0.5) is 13.2 Å². The van der Waals surface area contributed by atoms with Crippen LogP contribution in [0.25, 0.3) is 0 Å². The SMILES string of the molecule is CC(C#N)(COc1ccccc1C(F)(F)F)NC(=O)c1ccc2c(c1)S(=O)(=O)c1ccccc1C2=O. The molecule has 0 spiro atoms. The van der Waals surface area contributed by atoms with E-state index in [2.05, 4.69) is 5.32 Å². The van der Waals surface area contributed by atoms with Crippen LogP contribution in [0.1, 0.15) is 38.8 Å². The molecule has 0 aromatic heterocycles. The lowest BCUT2D eigenvalue weighted by atomic mass is 10.00. The molecule has 1 unspecified atom stereocenters. The highest BCUT2D eigenvalue weighted by Crippen LogP contribution is 2.37. The number of hydrogen-bond donors (Lipinski definition) is 1. The Hall–Kier alpha value is -4.17. The molecule has 0 saturated carbocycles. The first kappa shape index (κ1) is 24.9. The van der Waals surface area contributed by atoms with Crippen LogP contribution in [-0.4, -0.2) is 32.3 Å². The third-order valence-electron chi connectivity index (χ3n) is 5.54. The average Bonchev–Trinajstić information content (AvgIpc) is 2.85. The van der Waals surface area contributed by atoms with Crippen molar-refractivity contribution >= 4 is 21.5 Å². The number of nitrogens with one attached hydrogen (secondary N) is 1. The van der Waals surface area contributed by atoms with Crippen LogP contribution < -0.4 is 10.1 Å². The highest BCUT2D eigenvalue weighted by atomic mass is 32.2. The molecule has 0 aliphatic carbocycles. The average molecular weight is 514 g/mol. The fourth-order valence-electron chi connectivity index (χ4n) is 3.69. The van der Waals surface area contributed by atoms with Gasteiger partial charge in [0.25, 0.3) is 5.91 Å². The van der Waals surface area contributed by atoms with Crippen molar-refractivity contribution in [3.63, 3.8) is 0 Å². The van der Waals surface area contributed by atoms with Gasteiger partial charge in [-0.2, -0.15) is 18.4 Å². The Bertz CT molecular complexity index is 1540. The van der Waals surface area contributed by atoms with Gasteiger partial charge in [-0.05, 0) is 49.4 Å². The number of para-hydroxylation sites is 1. The Morgan fingerprint density at radius 1 is 1.00 bits per heavy atom. The van der Waals surface area contributed by atoms with E-state index in [-0.39, 0.29) is 26.5 Å². The van der Waals surface area contributed by atoms with E-state index in [1.165, 1.54) is 55.5 Å². The Labute approximate surface area is 204 Å². The maximum atomic E-state index is 13.2. The van der Waals surface area contributed by atoms with E-state index in [0.717, 1.165) is 18.2 Å². The van der Waals surface area contributed by atoms with Crippen molar-refractivity contribution < 1.29 is 35.9 Å². The number of ketones is 1. The number of nitrogens with zero attached hydrogens (tertiary/aromatic N) is 1. The molecule has 184 valence electrons. The molecule has 3 aromatic rings. The Balaban J connectivity index is 1.59. The molecule has 0 saturated heterocycles. The topological polar surface area (TPSA) is 113 Å². The molecule has 36 heavy (non-hydrogen) atoms. The number of ether oxygens (including phenoxy) is 1. The molecule has 3 aromatic carbocycles. The molecule has 11 heteroatoms. The number of halogens is 3. The highest BCUT2D eigenvalue weighted by molar-refractivity contribution is 7.91. The summed E-state index contributed by atoms with van der Waals surface area (Å²) in [6.07, 6.45) is -4.69. The molecule has 0 bridgehead atoms. The summed E-state index contributed by atoms with van der Waals surface area (Å²) in [6.45, 7) is 0.619. The lowest BCUT2D eigenvalue weighted by Gasteiger charge is -2.25. The van der Waals surface area contributed by atoms with Crippen molar-refractivity contribution in [2.75, 3.05) is 6.61 Å². The number of carbonyl (C=O) groups excluding carboxylic acids is 2. The molecule has 1 aliphatic rings. The Morgan fingerprint density at radius 2 is 1.64 bits per heavy atom. The van der Waals surface area contributed by atoms with Crippen molar-refractivity contribution in [1.82, 2.24) is 5.32 Å². The van der Waals surface area contributed by atoms with Gasteiger partial charge in [-0.15, -0.1) is 0 Å². The van der Waals surface area contributed by atoms with Crippen molar-refractivity contribution in [2.45, 2.75) is 28.4 Å². The van der Waals surface area contributed by atoms with Crippen molar-refractivity contribution in [3.8, 4) is 11.8 Å². The lowest BCUT2D eigenvalue weighted by molar-refractivity contribution is -0.139. The highest BCUT2D eigenvalue weighted by Gasteiger charge is 2.37. The van der Waals surface area contributed by atoms with E-state index >= 15 is 0 Å². The van der Waals surface area contributed by atoms with Gasteiger partial charge >= 0.3 is 6.18 Å². The fraction of sp³-hybridized carbons (Fsp3) is 0.160. The first-order valence-electron chi connectivity index (χ1n) is 10.4. The number of sulfone groups is 1. The van der Waals surface area contributed by atoms with Crippen LogP contribution in [0, 0.1) is 11.3 Å². The monoisotopic (exact) mass is 514 g/mol. The molecule has 7 nitrogen and oxygen atoms in total. The molecular formula is C25H17F3N2O5S. The second-order valence-corrected chi connectivity index (χ2v) is 10.1. The summed E-state index contributed by atoms with van der Waals surface area (Å²) >= 11 is 0.